The molecule has 1 atom stereocenters. The zero-order valence-corrected chi connectivity index (χ0v) is 17.6. The summed E-state index contributed by atoms with van der Waals surface area (Å²) in [6, 6.07) is 12.5. The van der Waals surface area contributed by atoms with Crippen LogP contribution < -0.4 is 14.9 Å². The molecule has 2 aromatic carbocycles. The van der Waals surface area contributed by atoms with Gasteiger partial charge in [0.2, 0.25) is 0 Å². The highest BCUT2D eigenvalue weighted by molar-refractivity contribution is 5.86. The van der Waals surface area contributed by atoms with Gasteiger partial charge in [-0.2, -0.15) is 5.10 Å². The van der Waals surface area contributed by atoms with Crippen LogP contribution in [0.5, 0.6) is 17.2 Å². The lowest BCUT2D eigenvalue weighted by atomic mass is 10.1. The van der Waals surface area contributed by atoms with E-state index < -0.39 is 12.0 Å². The second-order valence-electron chi connectivity index (χ2n) is 6.87. The summed E-state index contributed by atoms with van der Waals surface area (Å²) in [7, 11) is 0. The van der Waals surface area contributed by atoms with Crippen LogP contribution in [0.2, 0.25) is 0 Å². The van der Waals surface area contributed by atoms with Gasteiger partial charge >= 0.3 is 0 Å². The van der Waals surface area contributed by atoms with Crippen molar-refractivity contribution in [2.45, 2.75) is 45.6 Å². The van der Waals surface area contributed by atoms with Crippen molar-refractivity contribution in [3.63, 3.8) is 0 Å². The fourth-order valence-corrected chi connectivity index (χ4v) is 2.71. The molecule has 0 fully saturated rings. The van der Waals surface area contributed by atoms with Gasteiger partial charge in [0.1, 0.15) is 17.2 Å². The average Bonchev–Trinajstić information content (AvgIpc) is 2.75. The molecule has 2 N–H and O–H groups in total. The van der Waals surface area contributed by atoms with Crippen molar-refractivity contribution in [1.82, 2.24) is 5.43 Å². The van der Waals surface area contributed by atoms with E-state index in [-0.39, 0.29) is 5.75 Å². The number of carbonyl (C=O) groups excluding carboxylic acids is 1. The Balaban J connectivity index is 1.84. The minimum Gasteiger partial charge on any atom is -0.507 e. The Morgan fingerprint density at radius 1 is 1.20 bits per heavy atom. The number of hydrogen-bond donors (Lipinski definition) is 2. The molecule has 0 spiro atoms. The maximum absolute atomic E-state index is 12.2. The Hall–Kier alpha value is -3.28. The molecule has 160 valence electrons. The third-order valence-electron chi connectivity index (χ3n) is 4.42. The molecule has 0 aliphatic rings. The molecule has 0 radical (unpaired) electrons. The van der Waals surface area contributed by atoms with Gasteiger partial charge in [-0.1, -0.05) is 38.0 Å². The average molecular weight is 411 g/mol. The number of phenols is 1. The SMILES string of the molecule is C=CCc1cccc(/C=N\NC(=O)[C@H](C)Oc2ccc(OCCCCC)cc2)c1O. The van der Waals surface area contributed by atoms with Gasteiger partial charge in [-0.3, -0.25) is 4.79 Å². The van der Waals surface area contributed by atoms with E-state index in [1.807, 2.05) is 24.3 Å². The maximum Gasteiger partial charge on any atom is 0.280 e. The molecule has 0 bridgehead atoms. The first-order chi connectivity index (χ1) is 14.5. The number of carbonyl (C=O) groups is 1. The molecule has 2 aromatic rings. The molecule has 0 saturated heterocycles. The van der Waals surface area contributed by atoms with Gasteiger partial charge in [-0.05, 0) is 55.7 Å². The lowest BCUT2D eigenvalue weighted by Gasteiger charge is -2.13. The minimum atomic E-state index is -0.737. The Morgan fingerprint density at radius 2 is 1.93 bits per heavy atom. The standard InChI is InChI=1S/C24H30N2O4/c1-4-6-7-16-29-21-12-14-22(15-13-21)30-18(3)24(28)26-25-17-20-11-8-10-19(9-5-2)23(20)27/h5,8,10-15,17-18,27H,2,4,6-7,9,16H2,1,3H3,(H,26,28)/b25-17-/t18-/m0/s1. The molecule has 2 rings (SSSR count). The van der Waals surface area contributed by atoms with Gasteiger partial charge in [0.25, 0.3) is 5.91 Å². The van der Waals surface area contributed by atoms with Crippen LogP contribution in [-0.4, -0.2) is 29.9 Å². The number of hydrazone groups is 1. The summed E-state index contributed by atoms with van der Waals surface area (Å²) in [4.78, 5) is 12.2. The summed E-state index contributed by atoms with van der Waals surface area (Å²) in [5.41, 5.74) is 3.69. The number of hydrogen-bond acceptors (Lipinski definition) is 5. The number of para-hydroxylation sites is 1. The number of aromatic hydroxyl groups is 1. The van der Waals surface area contributed by atoms with Crippen LogP contribution in [0.1, 0.15) is 44.2 Å². The van der Waals surface area contributed by atoms with Crippen LogP contribution in [0.3, 0.4) is 0 Å². The van der Waals surface area contributed by atoms with E-state index in [1.165, 1.54) is 6.21 Å². The first-order valence-corrected chi connectivity index (χ1v) is 10.2. The Morgan fingerprint density at radius 3 is 2.63 bits per heavy atom. The fraction of sp³-hybridized carbons (Fsp3) is 0.333. The Kier molecular flexibility index (Phi) is 9.45. The molecule has 0 aromatic heterocycles. The monoisotopic (exact) mass is 410 g/mol. The van der Waals surface area contributed by atoms with E-state index in [9.17, 15) is 9.90 Å². The van der Waals surface area contributed by atoms with E-state index in [0.29, 0.717) is 24.3 Å². The van der Waals surface area contributed by atoms with Crippen molar-refractivity contribution >= 4 is 12.1 Å². The van der Waals surface area contributed by atoms with Crippen molar-refractivity contribution < 1.29 is 19.4 Å². The lowest BCUT2D eigenvalue weighted by Crippen LogP contribution is -2.33. The zero-order valence-electron chi connectivity index (χ0n) is 17.6. The molecular weight excluding hydrogens is 380 g/mol. The smallest absolute Gasteiger partial charge is 0.280 e. The third kappa shape index (κ3) is 7.28. The highest BCUT2D eigenvalue weighted by atomic mass is 16.5. The number of nitrogens with zero attached hydrogens (tertiary/aromatic N) is 1. The van der Waals surface area contributed by atoms with Crippen molar-refractivity contribution in [3.8, 4) is 17.2 Å². The normalized spacial score (nSPS) is 11.8. The number of phenolic OH excluding ortho intramolecular Hbond substituents is 1. The third-order valence-corrected chi connectivity index (χ3v) is 4.42. The summed E-state index contributed by atoms with van der Waals surface area (Å²) in [6.45, 7) is 8.15. The Bertz CT molecular complexity index is 847. The van der Waals surface area contributed by atoms with Crippen LogP contribution in [0.15, 0.2) is 60.2 Å². The summed E-state index contributed by atoms with van der Waals surface area (Å²) in [5, 5.41) is 14.1. The van der Waals surface area contributed by atoms with Crippen LogP contribution in [0, 0.1) is 0 Å². The van der Waals surface area contributed by atoms with E-state index >= 15 is 0 Å². The molecule has 6 heteroatoms. The number of benzene rings is 2. The van der Waals surface area contributed by atoms with Crippen molar-refractivity contribution in [3.05, 3.63) is 66.2 Å². The van der Waals surface area contributed by atoms with Crippen LogP contribution in [-0.2, 0) is 11.2 Å². The Labute approximate surface area is 178 Å². The summed E-state index contributed by atoms with van der Waals surface area (Å²) in [6.07, 6.45) is 6.26. The maximum atomic E-state index is 12.2. The first-order valence-electron chi connectivity index (χ1n) is 10.2. The summed E-state index contributed by atoms with van der Waals surface area (Å²) in [5.74, 6) is 1.07. The van der Waals surface area contributed by atoms with E-state index in [1.54, 1.807) is 31.2 Å². The topological polar surface area (TPSA) is 80.2 Å². The molecular formula is C24H30N2O4. The molecule has 0 saturated carbocycles. The molecule has 0 aliphatic carbocycles. The quantitative estimate of drug-likeness (QED) is 0.232. The second kappa shape index (κ2) is 12.3. The van der Waals surface area contributed by atoms with Crippen molar-refractivity contribution in [2.75, 3.05) is 6.61 Å². The first kappa shape index (κ1) is 23.0. The highest BCUT2D eigenvalue weighted by Crippen LogP contribution is 2.22. The second-order valence-corrected chi connectivity index (χ2v) is 6.87. The van der Waals surface area contributed by atoms with Gasteiger partial charge in [0.15, 0.2) is 6.10 Å². The summed E-state index contributed by atoms with van der Waals surface area (Å²) >= 11 is 0. The van der Waals surface area contributed by atoms with Crippen molar-refractivity contribution in [2.24, 2.45) is 5.10 Å². The van der Waals surface area contributed by atoms with Crippen LogP contribution >= 0.6 is 0 Å². The zero-order chi connectivity index (χ0) is 21.8. The number of rotatable bonds is 12. The van der Waals surface area contributed by atoms with E-state index in [4.69, 9.17) is 9.47 Å². The molecule has 0 heterocycles. The number of amides is 1. The molecule has 0 unspecified atom stereocenters. The van der Waals surface area contributed by atoms with Gasteiger partial charge in [-0.25, -0.2) is 5.43 Å². The number of nitrogens with one attached hydrogen (secondary N) is 1. The largest absolute Gasteiger partial charge is 0.507 e. The molecule has 30 heavy (non-hydrogen) atoms. The minimum absolute atomic E-state index is 0.122. The highest BCUT2D eigenvalue weighted by Gasteiger charge is 2.14. The predicted molar refractivity (Wildman–Crippen MR) is 119 cm³/mol. The van der Waals surface area contributed by atoms with E-state index in [0.717, 1.165) is 30.6 Å². The summed E-state index contributed by atoms with van der Waals surface area (Å²) < 4.78 is 11.3. The molecule has 6 nitrogen and oxygen atoms in total. The number of unbranched alkanes of at least 4 members (excludes halogenated alkanes) is 2. The fourth-order valence-electron chi connectivity index (χ4n) is 2.71. The van der Waals surface area contributed by atoms with Gasteiger partial charge in [-0.15, -0.1) is 6.58 Å². The number of ether oxygens (including phenoxy) is 2. The lowest BCUT2D eigenvalue weighted by molar-refractivity contribution is -0.127. The predicted octanol–water partition coefficient (Wildman–Crippen LogP) is 4.61. The van der Waals surface area contributed by atoms with Crippen LogP contribution in [0.25, 0.3) is 0 Å². The van der Waals surface area contributed by atoms with Gasteiger partial charge < -0.3 is 14.6 Å². The number of allylic oxidation sites excluding steroid dienone is 1. The molecule has 0 aliphatic heterocycles. The van der Waals surface area contributed by atoms with Gasteiger partial charge in [0.05, 0.1) is 12.8 Å². The van der Waals surface area contributed by atoms with Crippen molar-refractivity contribution in [1.29, 1.82) is 0 Å². The van der Waals surface area contributed by atoms with Gasteiger partial charge in [0, 0.05) is 5.56 Å². The van der Waals surface area contributed by atoms with Crippen LogP contribution in [0.4, 0.5) is 0 Å². The molecule has 1 amide bonds. The van der Waals surface area contributed by atoms with E-state index in [2.05, 4.69) is 24.0 Å².